The van der Waals surface area contributed by atoms with Crippen molar-refractivity contribution in [2.45, 2.75) is 38.6 Å². The van der Waals surface area contributed by atoms with E-state index in [1.54, 1.807) is 4.68 Å². The normalized spacial score (nSPS) is 15.5. The third-order valence-electron chi connectivity index (χ3n) is 3.18. The van der Waals surface area contributed by atoms with E-state index in [2.05, 4.69) is 10.3 Å². The summed E-state index contributed by atoms with van der Waals surface area (Å²) in [5, 5.41) is 8.05. The number of hydrogen-bond acceptors (Lipinski definition) is 5. The molecule has 0 radical (unpaired) electrons. The van der Waals surface area contributed by atoms with Gasteiger partial charge < -0.3 is 5.73 Å². The zero-order chi connectivity index (χ0) is 13.7. The predicted molar refractivity (Wildman–Crippen MR) is 68.0 cm³/mol. The van der Waals surface area contributed by atoms with E-state index in [1.807, 2.05) is 6.20 Å². The molecule has 2 heterocycles. The molecule has 7 nitrogen and oxygen atoms in total. The molecule has 0 spiro atoms. The number of nitrogens with two attached hydrogens (primary N) is 1. The van der Waals surface area contributed by atoms with Crippen molar-refractivity contribution in [3.8, 4) is 0 Å². The summed E-state index contributed by atoms with van der Waals surface area (Å²) in [5.41, 5.74) is 6.35. The van der Waals surface area contributed by atoms with Crippen LogP contribution in [0.5, 0.6) is 0 Å². The fraction of sp³-hybridized carbons (Fsp3) is 0.667. The second kappa shape index (κ2) is 6.42. The Morgan fingerprint density at radius 1 is 1.16 bits per heavy atom. The summed E-state index contributed by atoms with van der Waals surface area (Å²) in [6.45, 7) is 1.57. The van der Waals surface area contributed by atoms with Gasteiger partial charge in [0.25, 0.3) is 0 Å². The van der Waals surface area contributed by atoms with E-state index in [0.717, 1.165) is 25.0 Å². The first-order valence-corrected chi connectivity index (χ1v) is 6.63. The molecular weight excluding hydrogens is 246 g/mol. The van der Waals surface area contributed by atoms with E-state index in [1.165, 1.54) is 4.90 Å². The fourth-order valence-corrected chi connectivity index (χ4v) is 2.09. The highest BCUT2D eigenvalue weighted by Crippen LogP contribution is 2.11. The Hall–Kier alpha value is -1.76. The Morgan fingerprint density at radius 2 is 1.89 bits per heavy atom. The van der Waals surface area contributed by atoms with E-state index in [9.17, 15) is 9.59 Å². The van der Waals surface area contributed by atoms with E-state index < -0.39 is 0 Å². The second-order valence-corrected chi connectivity index (χ2v) is 4.66. The van der Waals surface area contributed by atoms with Crippen LogP contribution >= 0.6 is 0 Å². The summed E-state index contributed by atoms with van der Waals surface area (Å²) in [6, 6.07) is 0. The summed E-state index contributed by atoms with van der Waals surface area (Å²) in [6.07, 6.45) is 5.36. The molecule has 7 heteroatoms. The van der Waals surface area contributed by atoms with Crippen LogP contribution in [0.15, 0.2) is 6.20 Å². The lowest BCUT2D eigenvalue weighted by Crippen LogP contribution is -2.32. The molecule has 1 aliphatic rings. The molecule has 1 saturated heterocycles. The molecule has 0 atom stereocenters. The zero-order valence-corrected chi connectivity index (χ0v) is 10.9. The molecular formula is C12H19N5O2. The molecule has 0 unspecified atom stereocenters. The first kappa shape index (κ1) is 13.7. The minimum absolute atomic E-state index is 0.0896. The minimum atomic E-state index is -0.0896. The third kappa shape index (κ3) is 3.60. The molecule has 2 rings (SSSR count). The molecule has 0 aromatic carbocycles. The van der Waals surface area contributed by atoms with Gasteiger partial charge in [-0.05, 0) is 25.8 Å². The van der Waals surface area contributed by atoms with Crippen LogP contribution in [0.3, 0.4) is 0 Å². The number of imide groups is 1. The molecule has 2 N–H and O–H groups in total. The number of hydrogen-bond donors (Lipinski definition) is 1. The van der Waals surface area contributed by atoms with Crippen LogP contribution in [0, 0.1) is 0 Å². The molecule has 0 aliphatic carbocycles. The summed E-state index contributed by atoms with van der Waals surface area (Å²) in [5.74, 6) is -0.179. The summed E-state index contributed by atoms with van der Waals surface area (Å²) in [4.78, 5) is 24.2. The summed E-state index contributed by atoms with van der Waals surface area (Å²) < 4.78 is 1.68. The molecule has 0 saturated carbocycles. The van der Waals surface area contributed by atoms with Crippen molar-refractivity contribution in [1.82, 2.24) is 19.9 Å². The Kier molecular flexibility index (Phi) is 4.62. The average molecular weight is 265 g/mol. The van der Waals surface area contributed by atoms with Gasteiger partial charge in [0, 0.05) is 25.6 Å². The van der Waals surface area contributed by atoms with Gasteiger partial charge in [-0.3, -0.25) is 19.2 Å². The summed E-state index contributed by atoms with van der Waals surface area (Å²) >= 11 is 0. The lowest BCUT2D eigenvalue weighted by molar-refractivity contribution is -0.138. The molecule has 1 aromatic rings. The van der Waals surface area contributed by atoms with Gasteiger partial charge in [0.2, 0.25) is 11.8 Å². The molecule has 0 bridgehead atoms. The monoisotopic (exact) mass is 265 g/mol. The van der Waals surface area contributed by atoms with Gasteiger partial charge in [-0.25, -0.2) is 0 Å². The molecule has 1 fully saturated rings. The number of unbranched alkanes of at least 4 members (excludes halogenated alkanes) is 1. The van der Waals surface area contributed by atoms with Crippen LogP contribution in [0.2, 0.25) is 0 Å². The zero-order valence-electron chi connectivity index (χ0n) is 10.9. The largest absolute Gasteiger partial charge is 0.330 e. The van der Waals surface area contributed by atoms with Crippen molar-refractivity contribution < 1.29 is 9.59 Å². The van der Waals surface area contributed by atoms with Gasteiger partial charge in [-0.2, -0.15) is 0 Å². The molecule has 104 valence electrons. The van der Waals surface area contributed by atoms with E-state index in [4.69, 9.17) is 5.73 Å². The van der Waals surface area contributed by atoms with Gasteiger partial charge in [0.05, 0.1) is 12.2 Å². The first-order chi connectivity index (χ1) is 9.20. The minimum Gasteiger partial charge on any atom is -0.330 e. The predicted octanol–water partition coefficient (Wildman–Crippen LogP) is -0.292. The Balaban J connectivity index is 1.80. The second-order valence-electron chi connectivity index (χ2n) is 4.66. The highest BCUT2D eigenvalue weighted by atomic mass is 16.2. The molecule has 2 amide bonds. The van der Waals surface area contributed by atoms with E-state index in [0.29, 0.717) is 32.5 Å². The van der Waals surface area contributed by atoms with Crippen molar-refractivity contribution in [3.05, 3.63) is 11.9 Å². The van der Waals surface area contributed by atoms with Crippen LogP contribution in [-0.2, 0) is 22.6 Å². The van der Waals surface area contributed by atoms with Crippen LogP contribution in [0.1, 0.15) is 31.4 Å². The Bertz CT molecular complexity index is 441. The fourth-order valence-electron chi connectivity index (χ4n) is 2.09. The molecule has 1 aromatic heterocycles. The number of aryl methyl sites for hydroxylation is 1. The van der Waals surface area contributed by atoms with Crippen molar-refractivity contribution in [2.24, 2.45) is 5.73 Å². The van der Waals surface area contributed by atoms with Gasteiger partial charge in [0.1, 0.15) is 0 Å². The number of likely N-dealkylation sites (tertiary alicyclic amines) is 1. The third-order valence-corrected chi connectivity index (χ3v) is 3.18. The van der Waals surface area contributed by atoms with Crippen molar-refractivity contribution >= 4 is 11.8 Å². The van der Waals surface area contributed by atoms with Gasteiger partial charge in [-0.15, -0.1) is 5.10 Å². The number of carbonyl (C=O) groups is 2. The maximum absolute atomic E-state index is 11.4. The Morgan fingerprint density at radius 3 is 2.58 bits per heavy atom. The molecule has 19 heavy (non-hydrogen) atoms. The van der Waals surface area contributed by atoms with Crippen LogP contribution in [-0.4, -0.2) is 44.8 Å². The Labute approximate surface area is 111 Å². The maximum atomic E-state index is 11.4. The SMILES string of the molecule is NCCCCc1cn(CCN2C(=O)CCC2=O)nn1. The van der Waals surface area contributed by atoms with Crippen LogP contribution in [0.4, 0.5) is 0 Å². The highest BCUT2D eigenvalue weighted by Gasteiger charge is 2.28. The van der Waals surface area contributed by atoms with Crippen molar-refractivity contribution in [3.63, 3.8) is 0 Å². The van der Waals surface area contributed by atoms with Gasteiger partial charge >= 0.3 is 0 Å². The smallest absolute Gasteiger partial charge is 0.229 e. The first-order valence-electron chi connectivity index (χ1n) is 6.63. The number of nitrogens with zero attached hydrogens (tertiary/aromatic N) is 4. The van der Waals surface area contributed by atoms with E-state index in [-0.39, 0.29) is 11.8 Å². The standard InChI is InChI=1S/C12H19N5O2/c13-6-2-1-3-10-9-16(15-14-10)7-8-17-11(18)4-5-12(17)19/h9H,1-8,13H2. The number of amides is 2. The molecule has 1 aliphatic heterocycles. The van der Waals surface area contributed by atoms with Crippen molar-refractivity contribution in [1.29, 1.82) is 0 Å². The highest BCUT2D eigenvalue weighted by molar-refractivity contribution is 6.01. The number of aromatic nitrogens is 3. The average Bonchev–Trinajstić information content (AvgIpc) is 2.96. The quantitative estimate of drug-likeness (QED) is 0.540. The van der Waals surface area contributed by atoms with Gasteiger partial charge in [0.15, 0.2) is 0 Å². The lowest BCUT2D eigenvalue weighted by Gasteiger charge is -2.12. The topological polar surface area (TPSA) is 94.1 Å². The van der Waals surface area contributed by atoms with Gasteiger partial charge in [-0.1, -0.05) is 5.21 Å². The van der Waals surface area contributed by atoms with E-state index >= 15 is 0 Å². The summed E-state index contributed by atoms with van der Waals surface area (Å²) in [7, 11) is 0. The maximum Gasteiger partial charge on any atom is 0.229 e. The number of rotatable bonds is 7. The van der Waals surface area contributed by atoms with Crippen LogP contribution < -0.4 is 5.73 Å². The van der Waals surface area contributed by atoms with Crippen LogP contribution in [0.25, 0.3) is 0 Å². The number of carbonyl (C=O) groups excluding carboxylic acids is 2. The lowest BCUT2D eigenvalue weighted by atomic mass is 10.2. The van der Waals surface area contributed by atoms with Crippen molar-refractivity contribution in [2.75, 3.05) is 13.1 Å².